The zero-order chi connectivity index (χ0) is 21.7. The third-order valence-electron chi connectivity index (χ3n) is 6.41. The van der Waals surface area contributed by atoms with Crippen molar-refractivity contribution in [2.45, 2.75) is 116 Å². The fraction of sp³-hybridized carbons (Fsp3) is 0.692. The van der Waals surface area contributed by atoms with Crippen LogP contribution in [0.1, 0.15) is 109 Å². The number of amides is 3. The molecule has 1 heterocycles. The Morgan fingerprint density at radius 1 is 0.733 bits per heavy atom. The molecule has 1 aromatic carbocycles. The molecule has 0 spiro atoms. The summed E-state index contributed by atoms with van der Waals surface area (Å²) in [5, 5.41) is 3.92. The number of unbranched alkanes of at least 4 members (excludes halogenated alkanes) is 10. The van der Waals surface area contributed by atoms with Gasteiger partial charge in [-0.2, -0.15) is 5.32 Å². The van der Waals surface area contributed by atoms with Crippen molar-refractivity contribution in [1.29, 1.82) is 0 Å². The standard InChI is InChI=1S/C26H41N2O2/c1-3-5-7-9-11-16-20-26(21-17-12-10-8-6-4-2)24(29)27-25(30)28(26)22-23-18-14-13-15-19-23/h13-15,18-19H,3-12,16-17,20-22H2,1-2H3. The highest BCUT2D eigenvalue weighted by molar-refractivity contribution is 6.06. The highest BCUT2D eigenvalue weighted by Crippen LogP contribution is 2.36. The first-order valence-corrected chi connectivity index (χ1v) is 12.3. The molecule has 167 valence electrons. The molecule has 1 saturated heterocycles. The van der Waals surface area contributed by atoms with Crippen LogP contribution in [0.2, 0.25) is 0 Å². The van der Waals surface area contributed by atoms with Gasteiger partial charge in [0.05, 0.1) is 0 Å². The molecule has 1 aromatic rings. The average Bonchev–Trinajstić information content (AvgIpc) is 2.98. The van der Waals surface area contributed by atoms with Crippen LogP contribution in [-0.4, -0.2) is 22.4 Å². The smallest absolute Gasteiger partial charge is 0.304 e. The van der Waals surface area contributed by atoms with Gasteiger partial charge < -0.3 is 4.90 Å². The predicted molar refractivity (Wildman–Crippen MR) is 123 cm³/mol. The first-order valence-electron chi connectivity index (χ1n) is 12.3. The fourth-order valence-electron chi connectivity index (χ4n) is 4.54. The van der Waals surface area contributed by atoms with Crippen LogP contribution in [-0.2, 0) is 11.3 Å². The van der Waals surface area contributed by atoms with Crippen LogP contribution in [0.15, 0.2) is 30.3 Å². The van der Waals surface area contributed by atoms with Crippen LogP contribution in [0.3, 0.4) is 0 Å². The lowest BCUT2D eigenvalue weighted by Gasteiger charge is -2.35. The zero-order valence-corrected chi connectivity index (χ0v) is 19.2. The molecule has 0 aliphatic carbocycles. The van der Waals surface area contributed by atoms with Crippen LogP contribution in [0, 0.1) is 0 Å². The molecule has 1 aliphatic rings. The van der Waals surface area contributed by atoms with Crippen LogP contribution in [0.5, 0.6) is 0 Å². The van der Waals surface area contributed by atoms with Crippen molar-refractivity contribution < 1.29 is 9.59 Å². The summed E-state index contributed by atoms with van der Waals surface area (Å²) in [5.74, 6) is -0.203. The van der Waals surface area contributed by atoms with Crippen LogP contribution in [0.4, 0.5) is 4.79 Å². The van der Waals surface area contributed by atoms with E-state index < -0.39 is 5.54 Å². The molecule has 1 fully saturated rings. The van der Waals surface area contributed by atoms with Gasteiger partial charge in [-0.3, -0.25) is 4.79 Å². The molecule has 2 rings (SSSR count). The Labute approximate surface area is 183 Å². The van der Waals surface area contributed by atoms with Gasteiger partial charge >= 0.3 is 6.03 Å². The maximum Gasteiger partial charge on any atom is 0.347 e. The third kappa shape index (κ3) is 7.14. The van der Waals surface area contributed by atoms with E-state index in [1.165, 1.54) is 51.4 Å². The summed E-state index contributed by atoms with van der Waals surface area (Å²) in [7, 11) is 0. The number of imide groups is 1. The minimum absolute atomic E-state index is 0.203. The van der Waals surface area contributed by atoms with E-state index >= 15 is 0 Å². The van der Waals surface area contributed by atoms with E-state index in [-0.39, 0.29) is 11.9 Å². The molecule has 0 unspecified atom stereocenters. The molecule has 0 saturated carbocycles. The molecule has 4 heteroatoms. The molecular weight excluding hydrogens is 372 g/mol. The summed E-state index contributed by atoms with van der Waals surface area (Å²) in [4.78, 5) is 27.5. The Morgan fingerprint density at radius 2 is 1.23 bits per heavy atom. The van der Waals surface area contributed by atoms with Crippen molar-refractivity contribution >= 4 is 11.9 Å². The highest BCUT2D eigenvalue weighted by Gasteiger charge is 2.52. The molecule has 0 aromatic heterocycles. The van der Waals surface area contributed by atoms with Crippen LogP contribution in [0.25, 0.3) is 0 Å². The molecule has 0 N–H and O–H groups in total. The molecule has 0 atom stereocenters. The van der Waals surface area contributed by atoms with Crippen molar-refractivity contribution in [2.75, 3.05) is 0 Å². The predicted octanol–water partition coefficient (Wildman–Crippen LogP) is 6.99. The Hall–Kier alpha value is -1.84. The summed E-state index contributed by atoms with van der Waals surface area (Å²) in [5.41, 5.74) is 0.327. The maximum atomic E-state index is 13.0. The summed E-state index contributed by atoms with van der Waals surface area (Å²) in [6.45, 7) is 4.92. The van der Waals surface area contributed by atoms with Crippen molar-refractivity contribution in [2.24, 2.45) is 0 Å². The fourth-order valence-corrected chi connectivity index (χ4v) is 4.54. The van der Waals surface area contributed by atoms with Gasteiger partial charge in [0, 0.05) is 6.54 Å². The lowest BCUT2D eigenvalue weighted by atomic mass is 9.84. The quantitative estimate of drug-likeness (QED) is 0.216. The van der Waals surface area contributed by atoms with Crippen molar-refractivity contribution in [3.05, 3.63) is 35.9 Å². The molecule has 1 aliphatic heterocycles. The monoisotopic (exact) mass is 413 g/mol. The van der Waals surface area contributed by atoms with Gasteiger partial charge in [0.1, 0.15) is 5.54 Å². The van der Waals surface area contributed by atoms with Crippen molar-refractivity contribution in [1.82, 2.24) is 10.2 Å². The van der Waals surface area contributed by atoms with Gasteiger partial charge in [0.2, 0.25) is 0 Å². The van der Waals surface area contributed by atoms with Crippen LogP contribution < -0.4 is 5.32 Å². The van der Waals surface area contributed by atoms with E-state index in [2.05, 4.69) is 19.2 Å². The second-order valence-corrected chi connectivity index (χ2v) is 8.84. The summed E-state index contributed by atoms with van der Waals surface area (Å²) < 4.78 is 0. The lowest BCUT2D eigenvalue weighted by molar-refractivity contribution is -0.128. The number of urea groups is 1. The Balaban J connectivity index is 2.05. The molecule has 30 heavy (non-hydrogen) atoms. The largest absolute Gasteiger partial charge is 0.347 e. The molecule has 0 bridgehead atoms. The van der Waals surface area contributed by atoms with Gasteiger partial charge in [-0.25, -0.2) is 4.79 Å². The Kier molecular flexibility index (Phi) is 11.0. The van der Waals surface area contributed by atoms with E-state index in [9.17, 15) is 9.59 Å². The number of rotatable bonds is 16. The van der Waals surface area contributed by atoms with Gasteiger partial charge in [-0.1, -0.05) is 121 Å². The number of hydrogen-bond acceptors (Lipinski definition) is 2. The number of hydrogen-bond donors (Lipinski definition) is 0. The number of benzene rings is 1. The van der Waals surface area contributed by atoms with E-state index in [0.29, 0.717) is 6.54 Å². The van der Waals surface area contributed by atoms with Gasteiger partial charge in [0.15, 0.2) is 0 Å². The summed E-state index contributed by atoms with van der Waals surface area (Å²) in [6.07, 6.45) is 15.7. The second kappa shape index (κ2) is 13.5. The van der Waals surface area contributed by atoms with E-state index in [1.54, 1.807) is 4.90 Å². The normalized spacial score (nSPS) is 15.6. The second-order valence-electron chi connectivity index (χ2n) is 8.84. The Morgan fingerprint density at radius 3 is 1.77 bits per heavy atom. The SMILES string of the molecule is CCCCCCCCC1(CCCCCCCC)C(=O)[N]C(=O)N1Cc1ccccc1. The molecule has 3 amide bonds. The summed E-state index contributed by atoms with van der Waals surface area (Å²) >= 11 is 0. The number of carbonyl (C=O) groups is 2. The van der Waals surface area contributed by atoms with Crippen molar-refractivity contribution in [3.63, 3.8) is 0 Å². The topological polar surface area (TPSA) is 51.5 Å². The zero-order valence-electron chi connectivity index (χ0n) is 19.2. The molecule has 4 nitrogen and oxygen atoms in total. The number of carbonyl (C=O) groups excluding carboxylic acids is 2. The molecule has 1 radical (unpaired) electrons. The number of nitrogens with zero attached hydrogens (tertiary/aromatic N) is 2. The third-order valence-corrected chi connectivity index (χ3v) is 6.41. The first kappa shape index (κ1) is 24.4. The lowest BCUT2D eigenvalue weighted by Crippen LogP contribution is -2.49. The van der Waals surface area contributed by atoms with Gasteiger partial charge in [-0.05, 0) is 18.4 Å². The highest BCUT2D eigenvalue weighted by atomic mass is 16.2. The summed E-state index contributed by atoms with van der Waals surface area (Å²) in [6, 6.07) is 9.65. The van der Waals surface area contributed by atoms with E-state index in [1.807, 2.05) is 30.3 Å². The minimum atomic E-state index is -0.734. The Bertz CT molecular complexity index is 613. The van der Waals surface area contributed by atoms with Gasteiger partial charge in [-0.15, -0.1) is 0 Å². The molecular formula is C26H41N2O2. The van der Waals surface area contributed by atoms with Crippen LogP contribution >= 0.6 is 0 Å². The first-order chi connectivity index (χ1) is 14.6. The maximum absolute atomic E-state index is 13.0. The average molecular weight is 414 g/mol. The van der Waals surface area contributed by atoms with Crippen molar-refractivity contribution in [3.8, 4) is 0 Å². The van der Waals surface area contributed by atoms with E-state index in [4.69, 9.17) is 0 Å². The van der Waals surface area contributed by atoms with Gasteiger partial charge in [0.25, 0.3) is 5.91 Å². The minimum Gasteiger partial charge on any atom is -0.304 e. The van der Waals surface area contributed by atoms with E-state index in [0.717, 1.165) is 44.1 Å².